The monoisotopic (exact) mass is 528 g/mol. The molecule has 3 nitrogen and oxygen atoms in total. The summed E-state index contributed by atoms with van der Waals surface area (Å²) in [7, 11) is 0. The zero-order chi connectivity index (χ0) is 29.1. The van der Waals surface area contributed by atoms with Crippen LogP contribution in [0.15, 0.2) is 117 Å². The van der Waals surface area contributed by atoms with E-state index in [-0.39, 0.29) is 0 Å². The average Bonchev–Trinajstić information content (AvgIpc) is 2.99. The van der Waals surface area contributed by atoms with E-state index in [1.165, 1.54) is 11.4 Å². The molecule has 0 aromatic heterocycles. The number of hydrogen-bond acceptors (Lipinski definition) is 3. The van der Waals surface area contributed by atoms with Crippen molar-refractivity contribution in [1.82, 2.24) is 0 Å². The molecule has 0 heterocycles. The van der Waals surface area contributed by atoms with E-state index < -0.39 is 0 Å². The van der Waals surface area contributed by atoms with Gasteiger partial charge in [0.15, 0.2) is 0 Å². The quantitative estimate of drug-likeness (QED) is 0.191. The largest absolute Gasteiger partial charge is 0.339 e. The van der Waals surface area contributed by atoms with Gasteiger partial charge in [-0.05, 0) is 105 Å². The third-order valence-corrected chi connectivity index (χ3v) is 6.56. The highest BCUT2D eigenvalue weighted by Crippen LogP contribution is 2.30. The zero-order valence-corrected chi connectivity index (χ0v) is 24.1. The Labute approximate surface area is 240 Å². The van der Waals surface area contributed by atoms with E-state index in [0.717, 1.165) is 34.4 Å². The molecule has 0 aliphatic rings. The minimum atomic E-state index is 0.326. The predicted octanol–water partition coefficient (Wildman–Crippen LogP) is 10.2. The number of benzene rings is 4. The fourth-order valence-electron chi connectivity index (χ4n) is 4.52. The topological polar surface area (TPSA) is 23.6 Å². The molecule has 4 aromatic carbocycles. The number of aldehydes is 1. The van der Waals surface area contributed by atoms with Crippen molar-refractivity contribution in [3.05, 3.63) is 139 Å². The standard InChI is InChI=1S/C19H21N.C18H19NO/c1-5-16-7-11-18(12-8-16)20(15(3)4)19-13-9-17(6-2)10-14-19;1-4-15-5-9-17(10-6-15)19(14(2)3)18-11-7-16(13-20)8-12-18/h5-15H,1-2H2,3-4H3;4-14H,1H2,2-3H3. The van der Waals surface area contributed by atoms with Crippen molar-refractivity contribution in [3.8, 4) is 0 Å². The Morgan fingerprint density at radius 1 is 0.450 bits per heavy atom. The summed E-state index contributed by atoms with van der Waals surface area (Å²) in [6, 6.07) is 33.6. The van der Waals surface area contributed by atoms with Gasteiger partial charge in [0.2, 0.25) is 0 Å². The molecule has 4 aromatic rings. The molecule has 204 valence electrons. The molecule has 0 atom stereocenters. The number of hydrogen-bond donors (Lipinski definition) is 0. The molecule has 0 unspecified atom stereocenters. The predicted molar refractivity (Wildman–Crippen MR) is 176 cm³/mol. The number of anilines is 4. The van der Waals surface area contributed by atoms with Gasteiger partial charge in [-0.25, -0.2) is 0 Å². The van der Waals surface area contributed by atoms with Crippen LogP contribution in [0.4, 0.5) is 22.7 Å². The molecule has 3 heteroatoms. The minimum Gasteiger partial charge on any atom is -0.339 e. The van der Waals surface area contributed by atoms with Gasteiger partial charge in [-0.3, -0.25) is 4.79 Å². The summed E-state index contributed by atoms with van der Waals surface area (Å²) < 4.78 is 0. The Kier molecular flexibility index (Phi) is 10.8. The fourth-order valence-corrected chi connectivity index (χ4v) is 4.52. The van der Waals surface area contributed by atoms with Crippen LogP contribution in [0.3, 0.4) is 0 Å². The molecule has 0 saturated heterocycles. The van der Waals surface area contributed by atoms with Crippen LogP contribution in [-0.4, -0.2) is 18.4 Å². The third-order valence-electron chi connectivity index (χ3n) is 6.56. The molecule has 0 bridgehead atoms. The lowest BCUT2D eigenvalue weighted by atomic mass is 10.1. The maximum Gasteiger partial charge on any atom is 0.150 e. The first-order valence-electron chi connectivity index (χ1n) is 13.6. The SMILES string of the molecule is C=Cc1ccc(N(c2ccc(C=C)cc2)C(C)C)cc1.C=Cc1ccc(N(c2ccc(C=O)cc2)C(C)C)cc1. The Bertz CT molecular complexity index is 1170. The number of rotatable bonds is 10. The molecule has 0 aliphatic carbocycles. The molecule has 0 N–H and O–H groups in total. The fraction of sp³-hybridized carbons (Fsp3) is 0.162. The van der Waals surface area contributed by atoms with Gasteiger partial charge in [-0.2, -0.15) is 0 Å². The van der Waals surface area contributed by atoms with Crippen LogP contribution < -0.4 is 9.80 Å². The normalized spacial score (nSPS) is 10.3. The highest BCUT2D eigenvalue weighted by Gasteiger charge is 2.14. The van der Waals surface area contributed by atoms with Crippen molar-refractivity contribution in [2.24, 2.45) is 0 Å². The van der Waals surface area contributed by atoms with Crippen molar-refractivity contribution in [2.75, 3.05) is 9.80 Å². The summed E-state index contributed by atoms with van der Waals surface area (Å²) in [4.78, 5) is 15.3. The minimum absolute atomic E-state index is 0.326. The summed E-state index contributed by atoms with van der Waals surface area (Å²) in [5.74, 6) is 0. The van der Waals surface area contributed by atoms with Gasteiger partial charge < -0.3 is 9.80 Å². The summed E-state index contributed by atoms with van der Waals surface area (Å²) in [6.07, 6.45) is 6.43. The van der Waals surface area contributed by atoms with Gasteiger partial charge in [0, 0.05) is 40.4 Å². The highest BCUT2D eigenvalue weighted by molar-refractivity contribution is 5.77. The first-order valence-corrected chi connectivity index (χ1v) is 13.6. The van der Waals surface area contributed by atoms with Crippen LogP contribution in [0.25, 0.3) is 18.2 Å². The number of carbonyl (C=O) groups is 1. The molecule has 0 amide bonds. The summed E-state index contributed by atoms with van der Waals surface area (Å²) in [6.45, 7) is 20.1. The molecule has 0 radical (unpaired) electrons. The van der Waals surface area contributed by atoms with Gasteiger partial charge in [0.25, 0.3) is 0 Å². The first kappa shape index (κ1) is 29.9. The summed E-state index contributed by atoms with van der Waals surface area (Å²) in [5, 5.41) is 0. The van der Waals surface area contributed by atoms with Gasteiger partial charge in [-0.15, -0.1) is 0 Å². The van der Waals surface area contributed by atoms with Crippen molar-refractivity contribution >= 4 is 47.3 Å². The second-order valence-corrected chi connectivity index (χ2v) is 10.0. The Morgan fingerprint density at radius 2 is 0.675 bits per heavy atom. The zero-order valence-electron chi connectivity index (χ0n) is 24.1. The Hall–Kier alpha value is -4.63. The van der Waals surface area contributed by atoms with Gasteiger partial charge in [0.1, 0.15) is 6.29 Å². The average molecular weight is 529 g/mol. The van der Waals surface area contributed by atoms with Crippen molar-refractivity contribution < 1.29 is 4.79 Å². The van der Waals surface area contributed by atoms with Crippen molar-refractivity contribution in [1.29, 1.82) is 0 Å². The number of carbonyl (C=O) groups excluding carboxylic acids is 1. The van der Waals surface area contributed by atoms with Crippen molar-refractivity contribution in [2.45, 2.75) is 39.8 Å². The lowest BCUT2D eigenvalue weighted by Crippen LogP contribution is -2.25. The van der Waals surface area contributed by atoms with Gasteiger partial charge >= 0.3 is 0 Å². The van der Waals surface area contributed by atoms with E-state index in [4.69, 9.17) is 0 Å². The molecular formula is C37H40N2O. The molecule has 0 fully saturated rings. The van der Waals surface area contributed by atoms with E-state index in [1.54, 1.807) is 0 Å². The first-order chi connectivity index (χ1) is 19.3. The van der Waals surface area contributed by atoms with E-state index in [1.807, 2.05) is 42.5 Å². The summed E-state index contributed by atoms with van der Waals surface area (Å²) >= 11 is 0. The second-order valence-electron chi connectivity index (χ2n) is 10.0. The third kappa shape index (κ3) is 7.70. The Balaban J connectivity index is 0.000000220. The van der Waals surface area contributed by atoms with E-state index in [2.05, 4.69) is 130 Å². The second kappa shape index (κ2) is 14.5. The maximum absolute atomic E-state index is 10.7. The van der Waals surface area contributed by atoms with Crippen LogP contribution in [0.1, 0.15) is 54.7 Å². The molecule has 0 saturated carbocycles. The van der Waals surface area contributed by atoms with Crippen LogP contribution in [-0.2, 0) is 0 Å². The maximum atomic E-state index is 10.7. The molecule has 0 spiro atoms. The molecule has 0 aliphatic heterocycles. The molecule has 40 heavy (non-hydrogen) atoms. The van der Waals surface area contributed by atoms with Crippen LogP contribution in [0, 0.1) is 0 Å². The molecular weight excluding hydrogens is 488 g/mol. The van der Waals surface area contributed by atoms with Crippen LogP contribution in [0.2, 0.25) is 0 Å². The smallest absolute Gasteiger partial charge is 0.150 e. The van der Waals surface area contributed by atoms with E-state index >= 15 is 0 Å². The van der Waals surface area contributed by atoms with Gasteiger partial charge in [0.05, 0.1) is 0 Å². The summed E-state index contributed by atoms with van der Waals surface area (Å²) in [5.41, 5.74) is 8.67. The molecule has 4 rings (SSSR count). The van der Waals surface area contributed by atoms with E-state index in [9.17, 15) is 4.79 Å². The lowest BCUT2D eigenvalue weighted by molar-refractivity contribution is 0.112. The van der Waals surface area contributed by atoms with Gasteiger partial charge in [-0.1, -0.05) is 74.4 Å². The van der Waals surface area contributed by atoms with Crippen LogP contribution >= 0.6 is 0 Å². The highest BCUT2D eigenvalue weighted by atomic mass is 16.1. The van der Waals surface area contributed by atoms with E-state index in [0.29, 0.717) is 17.6 Å². The van der Waals surface area contributed by atoms with Crippen molar-refractivity contribution in [3.63, 3.8) is 0 Å². The Morgan fingerprint density at radius 3 is 0.850 bits per heavy atom. The number of nitrogens with zero attached hydrogens (tertiary/aromatic N) is 2. The van der Waals surface area contributed by atoms with Crippen LogP contribution in [0.5, 0.6) is 0 Å². The lowest BCUT2D eigenvalue weighted by Gasteiger charge is -2.29.